The molecule has 0 radical (unpaired) electrons. The van der Waals surface area contributed by atoms with Crippen LogP contribution in [-0.2, 0) is 14.3 Å². The van der Waals surface area contributed by atoms with Gasteiger partial charge in [-0.25, -0.2) is 0 Å². The lowest BCUT2D eigenvalue weighted by Crippen LogP contribution is -2.47. The number of esters is 1. The second-order valence-corrected chi connectivity index (χ2v) is 4.03. The topological polar surface area (TPSA) is 47.6 Å². The smallest absolute Gasteiger partial charge is 0.325 e. The lowest BCUT2D eigenvalue weighted by atomic mass is 9.95. The first kappa shape index (κ1) is 12.5. The fourth-order valence-corrected chi connectivity index (χ4v) is 2.05. The van der Waals surface area contributed by atoms with Gasteiger partial charge in [0.15, 0.2) is 0 Å². The van der Waals surface area contributed by atoms with E-state index in [0.717, 1.165) is 12.8 Å². The predicted molar refractivity (Wildman–Crippen MR) is 57.7 cm³/mol. The maximum atomic E-state index is 11.4. The van der Waals surface area contributed by atoms with Gasteiger partial charge in [0.25, 0.3) is 0 Å². The highest BCUT2D eigenvalue weighted by molar-refractivity contribution is 5.75. The molecule has 4 nitrogen and oxygen atoms in total. The summed E-state index contributed by atoms with van der Waals surface area (Å²) in [6, 6.07) is 0.126. The normalized spacial score (nSPS) is 19.9. The van der Waals surface area contributed by atoms with Crippen molar-refractivity contribution in [1.82, 2.24) is 5.32 Å². The zero-order valence-corrected chi connectivity index (χ0v) is 9.62. The van der Waals surface area contributed by atoms with E-state index in [9.17, 15) is 4.79 Å². The molecule has 1 fully saturated rings. The van der Waals surface area contributed by atoms with Crippen LogP contribution >= 0.6 is 0 Å². The molecule has 0 amide bonds. The number of carbonyl (C=O) groups excluding carboxylic acids is 1. The summed E-state index contributed by atoms with van der Waals surface area (Å²) >= 11 is 0. The first-order valence-corrected chi connectivity index (χ1v) is 5.60. The Kier molecular flexibility index (Phi) is 5.65. The molecule has 88 valence electrons. The molecular formula is C11H21NO3. The van der Waals surface area contributed by atoms with Gasteiger partial charge in [0.2, 0.25) is 0 Å². The summed E-state index contributed by atoms with van der Waals surface area (Å²) in [5.41, 5.74) is 0. The minimum atomic E-state index is -0.317. The number of nitrogens with one attached hydrogen (secondary N) is 1. The van der Waals surface area contributed by atoms with E-state index in [2.05, 4.69) is 5.32 Å². The van der Waals surface area contributed by atoms with E-state index >= 15 is 0 Å². The standard InChI is InChI=1S/C11H21NO3/c1-14-8-10(11(13)15-2)12-9-6-4-3-5-7-9/h9-10,12H,3-8H2,1-2H3. The summed E-state index contributed by atoms with van der Waals surface area (Å²) in [5.74, 6) is -0.234. The van der Waals surface area contributed by atoms with Crippen LogP contribution < -0.4 is 5.32 Å². The van der Waals surface area contributed by atoms with Crippen LogP contribution in [0.5, 0.6) is 0 Å². The molecule has 1 rings (SSSR count). The first-order valence-electron chi connectivity index (χ1n) is 5.60. The van der Waals surface area contributed by atoms with Crippen LogP contribution in [0.25, 0.3) is 0 Å². The third-order valence-electron chi connectivity index (χ3n) is 2.86. The molecule has 0 heterocycles. The summed E-state index contributed by atoms with van der Waals surface area (Å²) < 4.78 is 9.73. The second kappa shape index (κ2) is 6.80. The van der Waals surface area contributed by atoms with Gasteiger partial charge in [-0.05, 0) is 12.8 Å². The lowest BCUT2D eigenvalue weighted by molar-refractivity contribution is -0.144. The van der Waals surface area contributed by atoms with Gasteiger partial charge >= 0.3 is 5.97 Å². The fourth-order valence-electron chi connectivity index (χ4n) is 2.05. The molecule has 0 saturated heterocycles. The second-order valence-electron chi connectivity index (χ2n) is 4.03. The lowest BCUT2D eigenvalue weighted by Gasteiger charge is -2.26. The fraction of sp³-hybridized carbons (Fsp3) is 0.909. The van der Waals surface area contributed by atoms with Gasteiger partial charge in [0, 0.05) is 13.2 Å². The summed E-state index contributed by atoms with van der Waals surface area (Å²) in [5, 5.41) is 3.31. The molecular weight excluding hydrogens is 194 g/mol. The Morgan fingerprint density at radius 3 is 2.53 bits per heavy atom. The molecule has 1 saturated carbocycles. The van der Waals surface area contributed by atoms with E-state index in [-0.39, 0.29) is 12.0 Å². The van der Waals surface area contributed by atoms with Gasteiger partial charge in [-0.1, -0.05) is 19.3 Å². The molecule has 1 atom stereocenters. The summed E-state index contributed by atoms with van der Waals surface area (Å²) in [6.45, 7) is 0.378. The average Bonchev–Trinajstić information content (AvgIpc) is 2.29. The molecule has 0 aromatic rings. The van der Waals surface area contributed by atoms with Crippen LogP contribution in [-0.4, -0.2) is 38.9 Å². The maximum absolute atomic E-state index is 11.4. The Labute approximate surface area is 91.3 Å². The summed E-state index contributed by atoms with van der Waals surface area (Å²) in [6.07, 6.45) is 6.11. The van der Waals surface area contributed by atoms with Crippen LogP contribution in [0.2, 0.25) is 0 Å². The van der Waals surface area contributed by atoms with E-state index in [1.807, 2.05) is 0 Å². The average molecular weight is 215 g/mol. The largest absolute Gasteiger partial charge is 0.468 e. The highest BCUT2D eigenvalue weighted by atomic mass is 16.5. The van der Waals surface area contributed by atoms with E-state index in [1.165, 1.54) is 26.4 Å². The SMILES string of the molecule is COCC(NC1CCCCC1)C(=O)OC. The maximum Gasteiger partial charge on any atom is 0.325 e. The van der Waals surface area contributed by atoms with Crippen molar-refractivity contribution in [2.24, 2.45) is 0 Å². The number of carbonyl (C=O) groups is 1. The molecule has 0 aliphatic heterocycles. The number of methoxy groups -OCH3 is 2. The molecule has 4 heteroatoms. The molecule has 0 bridgehead atoms. The van der Waals surface area contributed by atoms with Crippen LogP contribution in [0.15, 0.2) is 0 Å². The van der Waals surface area contributed by atoms with Crippen molar-refractivity contribution in [1.29, 1.82) is 0 Å². The zero-order valence-electron chi connectivity index (χ0n) is 9.62. The van der Waals surface area contributed by atoms with Gasteiger partial charge in [-0.3, -0.25) is 10.1 Å². The number of rotatable bonds is 5. The van der Waals surface area contributed by atoms with Crippen molar-refractivity contribution in [3.8, 4) is 0 Å². The predicted octanol–water partition coefficient (Wildman–Crippen LogP) is 1.10. The van der Waals surface area contributed by atoms with Crippen molar-refractivity contribution in [2.45, 2.75) is 44.2 Å². The van der Waals surface area contributed by atoms with Crippen LogP contribution in [0.4, 0.5) is 0 Å². The highest BCUT2D eigenvalue weighted by Gasteiger charge is 2.23. The number of hydrogen-bond donors (Lipinski definition) is 1. The number of hydrogen-bond acceptors (Lipinski definition) is 4. The van der Waals surface area contributed by atoms with Crippen LogP contribution in [0, 0.1) is 0 Å². The Morgan fingerprint density at radius 2 is 2.00 bits per heavy atom. The summed E-state index contributed by atoms with van der Waals surface area (Å²) in [4.78, 5) is 11.4. The summed E-state index contributed by atoms with van der Waals surface area (Å²) in [7, 11) is 3.01. The highest BCUT2D eigenvalue weighted by Crippen LogP contribution is 2.17. The van der Waals surface area contributed by atoms with Crippen LogP contribution in [0.3, 0.4) is 0 Å². The third-order valence-corrected chi connectivity index (χ3v) is 2.86. The molecule has 1 aliphatic rings. The quantitative estimate of drug-likeness (QED) is 0.698. The van der Waals surface area contributed by atoms with Gasteiger partial charge in [-0.2, -0.15) is 0 Å². The van der Waals surface area contributed by atoms with Gasteiger partial charge < -0.3 is 9.47 Å². The molecule has 15 heavy (non-hydrogen) atoms. The van der Waals surface area contributed by atoms with Crippen molar-refractivity contribution < 1.29 is 14.3 Å². The zero-order chi connectivity index (χ0) is 11.1. The molecule has 0 aromatic heterocycles. The van der Waals surface area contributed by atoms with E-state index in [0.29, 0.717) is 12.6 Å². The van der Waals surface area contributed by atoms with Crippen molar-refractivity contribution >= 4 is 5.97 Å². The third kappa shape index (κ3) is 4.18. The van der Waals surface area contributed by atoms with Crippen molar-refractivity contribution in [3.05, 3.63) is 0 Å². The van der Waals surface area contributed by atoms with Gasteiger partial charge in [0.1, 0.15) is 6.04 Å². The van der Waals surface area contributed by atoms with E-state index in [1.54, 1.807) is 7.11 Å². The molecule has 1 N–H and O–H groups in total. The van der Waals surface area contributed by atoms with E-state index in [4.69, 9.17) is 9.47 Å². The molecule has 0 aromatic carbocycles. The molecule has 1 aliphatic carbocycles. The minimum absolute atomic E-state index is 0.234. The van der Waals surface area contributed by atoms with E-state index < -0.39 is 0 Å². The van der Waals surface area contributed by atoms with Gasteiger partial charge in [-0.15, -0.1) is 0 Å². The van der Waals surface area contributed by atoms with Crippen molar-refractivity contribution in [2.75, 3.05) is 20.8 Å². The Hall–Kier alpha value is -0.610. The Bertz CT molecular complexity index is 190. The monoisotopic (exact) mass is 215 g/mol. The minimum Gasteiger partial charge on any atom is -0.468 e. The number of ether oxygens (including phenoxy) is 2. The van der Waals surface area contributed by atoms with Crippen LogP contribution in [0.1, 0.15) is 32.1 Å². The van der Waals surface area contributed by atoms with Crippen molar-refractivity contribution in [3.63, 3.8) is 0 Å². The first-order chi connectivity index (χ1) is 7.27. The Balaban J connectivity index is 2.38. The molecule has 1 unspecified atom stereocenters. The molecule has 0 spiro atoms. The Morgan fingerprint density at radius 1 is 1.33 bits per heavy atom. The van der Waals surface area contributed by atoms with Gasteiger partial charge in [0.05, 0.1) is 13.7 Å².